The van der Waals surface area contributed by atoms with Crippen molar-refractivity contribution in [1.29, 1.82) is 0 Å². The zero-order valence-corrected chi connectivity index (χ0v) is 11.6. The van der Waals surface area contributed by atoms with E-state index in [-0.39, 0.29) is 43.3 Å². The molecule has 1 aromatic rings. The summed E-state index contributed by atoms with van der Waals surface area (Å²) in [5.74, 6) is -0.257. The number of rotatable bonds is 4. The van der Waals surface area contributed by atoms with Gasteiger partial charge in [0.05, 0.1) is 12.7 Å². The summed E-state index contributed by atoms with van der Waals surface area (Å²) in [4.78, 5) is 0. The molecule has 5 atom stereocenters. The molecule has 1 aromatic carbocycles. The Labute approximate surface area is 117 Å². The van der Waals surface area contributed by atoms with Crippen LogP contribution in [0, 0.1) is 5.82 Å². The van der Waals surface area contributed by atoms with Gasteiger partial charge >= 0.3 is 0 Å². The SMILES string of the molecule is CC[C@H]1O[C@@H]2OC(C)O[C@@H]2[C@H]1OCc1ccccc1F. The molecule has 2 fully saturated rings. The Morgan fingerprint density at radius 2 is 2.00 bits per heavy atom. The molecule has 0 aliphatic carbocycles. The zero-order valence-electron chi connectivity index (χ0n) is 11.6. The third-order valence-corrected chi connectivity index (χ3v) is 3.73. The van der Waals surface area contributed by atoms with Crippen molar-refractivity contribution >= 4 is 0 Å². The van der Waals surface area contributed by atoms with E-state index in [1.54, 1.807) is 18.2 Å². The van der Waals surface area contributed by atoms with Crippen LogP contribution < -0.4 is 0 Å². The first-order valence-electron chi connectivity index (χ1n) is 7.00. The summed E-state index contributed by atoms with van der Waals surface area (Å²) in [5, 5.41) is 0. The van der Waals surface area contributed by atoms with Crippen molar-refractivity contribution in [1.82, 2.24) is 0 Å². The maximum absolute atomic E-state index is 13.6. The molecular formula is C15H19FO4. The standard InChI is InChI=1S/C15H19FO4/c1-3-12-13(14-15(20-12)19-9(2)18-14)17-8-10-6-4-5-7-11(10)16/h4-7,9,12-15H,3,8H2,1-2H3/t9?,12-,13+,14-,15+/m1/s1. The van der Waals surface area contributed by atoms with Crippen molar-refractivity contribution in [3.8, 4) is 0 Å². The number of hydrogen-bond acceptors (Lipinski definition) is 4. The van der Waals surface area contributed by atoms with Gasteiger partial charge in [0, 0.05) is 5.56 Å². The fourth-order valence-electron chi connectivity index (χ4n) is 2.72. The third-order valence-electron chi connectivity index (χ3n) is 3.73. The minimum absolute atomic E-state index is 0.0794. The molecule has 0 bridgehead atoms. The lowest BCUT2D eigenvalue weighted by Crippen LogP contribution is -2.34. The van der Waals surface area contributed by atoms with E-state index in [0.29, 0.717) is 5.56 Å². The highest BCUT2D eigenvalue weighted by atomic mass is 19.1. The van der Waals surface area contributed by atoms with E-state index in [1.165, 1.54) is 6.07 Å². The Morgan fingerprint density at radius 1 is 1.20 bits per heavy atom. The van der Waals surface area contributed by atoms with E-state index in [4.69, 9.17) is 18.9 Å². The number of hydrogen-bond donors (Lipinski definition) is 0. The number of fused-ring (bicyclic) bond motifs is 1. The van der Waals surface area contributed by atoms with Crippen LogP contribution in [0.1, 0.15) is 25.8 Å². The molecule has 2 saturated heterocycles. The van der Waals surface area contributed by atoms with Crippen LogP contribution >= 0.6 is 0 Å². The molecule has 1 unspecified atom stereocenters. The molecule has 5 heteroatoms. The Bertz CT molecular complexity index is 467. The highest BCUT2D eigenvalue weighted by Crippen LogP contribution is 2.35. The molecule has 2 aliphatic rings. The average Bonchev–Trinajstić information content (AvgIpc) is 2.94. The molecular weight excluding hydrogens is 263 g/mol. The van der Waals surface area contributed by atoms with Crippen LogP contribution in [0.25, 0.3) is 0 Å². The van der Waals surface area contributed by atoms with Gasteiger partial charge in [0.1, 0.15) is 18.0 Å². The molecule has 0 amide bonds. The normalized spacial score (nSPS) is 36.2. The first-order valence-corrected chi connectivity index (χ1v) is 7.00. The van der Waals surface area contributed by atoms with Crippen LogP contribution in [0.3, 0.4) is 0 Å². The van der Waals surface area contributed by atoms with Crippen LogP contribution in [0.4, 0.5) is 4.39 Å². The third kappa shape index (κ3) is 2.59. The highest BCUT2D eigenvalue weighted by Gasteiger charge is 2.51. The smallest absolute Gasteiger partial charge is 0.189 e. The van der Waals surface area contributed by atoms with Gasteiger partial charge in [0.15, 0.2) is 12.6 Å². The monoisotopic (exact) mass is 282 g/mol. The number of benzene rings is 1. The molecule has 2 aliphatic heterocycles. The van der Waals surface area contributed by atoms with E-state index >= 15 is 0 Å². The van der Waals surface area contributed by atoms with Crippen molar-refractivity contribution < 1.29 is 23.3 Å². The first kappa shape index (κ1) is 13.9. The summed E-state index contributed by atoms with van der Waals surface area (Å²) in [5.41, 5.74) is 0.540. The summed E-state index contributed by atoms with van der Waals surface area (Å²) in [6.07, 6.45) is -0.403. The van der Waals surface area contributed by atoms with E-state index in [0.717, 1.165) is 6.42 Å². The Balaban J connectivity index is 1.67. The van der Waals surface area contributed by atoms with E-state index in [2.05, 4.69) is 0 Å². The van der Waals surface area contributed by atoms with Gasteiger partial charge in [-0.05, 0) is 19.4 Å². The van der Waals surface area contributed by atoms with E-state index in [1.807, 2.05) is 13.8 Å². The molecule has 20 heavy (non-hydrogen) atoms. The maximum Gasteiger partial charge on any atom is 0.189 e. The molecule has 110 valence electrons. The lowest BCUT2D eigenvalue weighted by atomic mass is 10.1. The van der Waals surface area contributed by atoms with Crippen LogP contribution in [0.15, 0.2) is 24.3 Å². The second kappa shape index (κ2) is 5.77. The summed E-state index contributed by atoms with van der Waals surface area (Å²) in [6, 6.07) is 6.61. The van der Waals surface area contributed by atoms with Crippen molar-refractivity contribution in [3.05, 3.63) is 35.6 Å². The highest BCUT2D eigenvalue weighted by molar-refractivity contribution is 5.16. The van der Waals surface area contributed by atoms with Crippen LogP contribution in [0.5, 0.6) is 0 Å². The van der Waals surface area contributed by atoms with E-state index in [9.17, 15) is 4.39 Å². The molecule has 0 N–H and O–H groups in total. The van der Waals surface area contributed by atoms with Gasteiger partial charge in [-0.1, -0.05) is 25.1 Å². The number of ether oxygens (including phenoxy) is 4. The fraction of sp³-hybridized carbons (Fsp3) is 0.600. The summed E-state index contributed by atoms with van der Waals surface area (Å²) < 4.78 is 36.4. The molecule has 2 heterocycles. The quantitative estimate of drug-likeness (QED) is 0.850. The molecule has 0 aromatic heterocycles. The second-order valence-electron chi connectivity index (χ2n) is 5.12. The zero-order chi connectivity index (χ0) is 14.1. The van der Waals surface area contributed by atoms with Crippen LogP contribution in [-0.4, -0.2) is 30.9 Å². The molecule has 3 rings (SSSR count). The van der Waals surface area contributed by atoms with Crippen LogP contribution in [-0.2, 0) is 25.6 Å². The summed E-state index contributed by atoms with van der Waals surface area (Å²) in [7, 11) is 0. The Morgan fingerprint density at radius 3 is 2.75 bits per heavy atom. The predicted octanol–water partition coefficient (Wildman–Crippen LogP) is 2.61. The summed E-state index contributed by atoms with van der Waals surface area (Å²) >= 11 is 0. The Hall–Kier alpha value is -1.01. The lowest BCUT2D eigenvalue weighted by molar-refractivity contribution is -0.168. The fourth-order valence-corrected chi connectivity index (χ4v) is 2.72. The largest absolute Gasteiger partial charge is 0.368 e. The first-order chi connectivity index (χ1) is 9.69. The topological polar surface area (TPSA) is 36.9 Å². The van der Waals surface area contributed by atoms with Crippen molar-refractivity contribution in [3.63, 3.8) is 0 Å². The minimum atomic E-state index is -0.374. The van der Waals surface area contributed by atoms with Gasteiger partial charge in [-0.3, -0.25) is 0 Å². The second-order valence-corrected chi connectivity index (χ2v) is 5.12. The minimum Gasteiger partial charge on any atom is -0.368 e. The molecule has 0 spiro atoms. The maximum atomic E-state index is 13.6. The molecule has 0 saturated carbocycles. The van der Waals surface area contributed by atoms with Crippen LogP contribution in [0.2, 0.25) is 0 Å². The molecule has 0 radical (unpaired) electrons. The molecule has 4 nitrogen and oxygen atoms in total. The van der Waals surface area contributed by atoms with Gasteiger partial charge in [0.2, 0.25) is 0 Å². The van der Waals surface area contributed by atoms with Gasteiger partial charge in [-0.25, -0.2) is 4.39 Å². The van der Waals surface area contributed by atoms with Crippen molar-refractivity contribution in [2.24, 2.45) is 0 Å². The lowest BCUT2D eigenvalue weighted by Gasteiger charge is -2.22. The summed E-state index contributed by atoms with van der Waals surface area (Å²) in [6.45, 7) is 4.06. The Kier molecular flexibility index (Phi) is 4.03. The number of halogens is 1. The van der Waals surface area contributed by atoms with E-state index < -0.39 is 0 Å². The van der Waals surface area contributed by atoms with Crippen molar-refractivity contribution in [2.75, 3.05) is 0 Å². The van der Waals surface area contributed by atoms with Crippen molar-refractivity contribution in [2.45, 2.75) is 57.8 Å². The average molecular weight is 282 g/mol. The predicted molar refractivity (Wildman–Crippen MR) is 69.3 cm³/mol. The van der Waals surface area contributed by atoms with Gasteiger partial charge in [-0.15, -0.1) is 0 Å². The van der Waals surface area contributed by atoms with Gasteiger partial charge in [0.25, 0.3) is 0 Å². The van der Waals surface area contributed by atoms with Gasteiger partial charge in [-0.2, -0.15) is 0 Å². The van der Waals surface area contributed by atoms with Gasteiger partial charge < -0.3 is 18.9 Å².